The van der Waals surface area contributed by atoms with E-state index in [1.165, 1.54) is 0 Å². The largest absolute Gasteiger partial charge is 0.454 e. The Labute approximate surface area is 234 Å². The molecule has 6 aromatic rings. The predicted molar refractivity (Wildman–Crippen MR) is 162 cm³/mol. The summed E-state index contributed by atoms with van der Waals surface area (Å²) in [5.41, 5.74) is 2.97. The molecule has 6 rings (SSSR count). The molecular formula is C29H34N8O3. The fraction of sp³-hybridized carbons (Fsp3) is 0.138. The molecule has 0 aliphatic rings. The first-order valence-electron chi connectivity index (χ1n) is 12.6. The number of anilines is 2. The normalized spacial score (nSPS) is 11.6. The van der Waals surface area contributed by atoms with E-state index in [0.717, 1.165) is 11.4 Å². The van der Waals surface area contributed by atoms with Gasteiger partial charge in [0.25, 0.3) is 0 Å². The summed E-state index contributed by atoms with van der Waals surface area (Å²) in [6.45, 7) is 6.21. The van der Waals surface area contributed by atoms with Crippen molar-refractivity contribution in [2.75, 3.05) is 10.6 Å². The number of carbonyl (C=O) groups excluding carboxylic acids is 1. The minimum Gasteiger partial charge on any atom is -0.454 e. The van der Waals surface area contributed by atoms with Crippen molar-refractivity contribution in [1.29, 1.82) is 0 Å². The van der Waals surface area contributed by atoms with Gasteiger partial charge in [-0.05, 0) is 36.4 Å². The molecular weight excluding hydrogens is 508 g/mol. The van der Waals surface area contributed by atoms with Gasteiger partial charge in [0.2, 0.25) is 0 Å². The Balaban J connectivity index is 0.00000169. The first-order valence-corrected chi connectivity index (χ1v) is 12.6. The van der Waals surface area contributed by atoms with Gasteiger partial charge in [-0.3, -0.25) is 15.3 Å². The van der Waals surface area contributed by atoms with E-state index in [1.54, 1.807) is 41.3 Å². The van der Waals surface area contributed by atoms with Crippen molar-refractivity contribution in [3.63, 3.8) is 0 Å². The van der Waals surface area contributed by atoms with Crippen molar-refractivity contribution in [2.45, 2.75) is 26.2 Å². The summed E-state index contributed by atoms with van der Waals surface area (Å²) in [5, 5.41) is 11.3. The highest BCUT2D eigenvalue weighted by molar-refractivity contribution is 6.06. The van der Waals surface area contributed by atoms with Gasteiger partial charge in [-0.2, -0.15) is 5.10 Å². The zero-order valence-corrected chi connectivity index (χ0v) is 22.0. The molecule has 0 saturated heterocycles. The molecule has 208 valence electrons. The first-order chi connectivity index (χ1) is 19.3. The van der Waals surface area contributed by atoms with Crippen LogP contribution in [-0.4, -0.2) is 35.7 Å². The highest BCUT2D eigenvalue weighted by Gasteiger charge is 2.22. The number of H-pyrrole nitrogens is 2. The summed E-state index contributed by atoms with van der Waals surface area (Å²) >= 11 is 0. The quantitative estimate of drug-likeness (QED) is 0.191. The van der Waals surface area contributed by atoms with Crippen LogP contribution in [0.1, 0.15) is 32.2 Å². The number of rotatable bonds is 5. The van der Waals surface area contributed by atoms with Crippen molar-refractivity contribution in [1.82, 2.24) is 29.7 Å². The lowest BCUT2D eigenvalue weighted by Crippen LogP contribution is -2.21. The third kappa shape index (κ3) is 4.75. The summed E-state index contributed by atoms with van der Waals surface area (Å²) in [6.07, 6.45) is 3.19. The van der Waals surface area contributed by atoms with Gasteiger partial charge in [-0.1, -0.05) is 39.0 Å². The number of aromatic nitrogens is 6. The van der Waals surface area contributed by atoms with Gasteiger partial charge in [-0.25, -0.2) is 19.3 Å². The molecule has 2 aromatic carbocycles. The number of para-hydroxylation sites is 1. The standard InChI is InChI=1S/C29H26N8O3.4H2/c1-29(2,3)22-16-23(37(36-22)17-8-5-4-6-9-17)33-27(38)32-19-11-12-20(18-10-7-14-30-24(18)19)40-21-13-15-31-26-25(21)34-28(39)35-26;;;;/h4-16H,1-3H3,(H2,32,33,38)(H2,31,34,35,39);4*1H. The zero-order valence-electron chi connectivity index (χ0n) is 22.0. The minimum atomic E-state index is -0.445. The molecule has 0 bridgehead atoms. The predicted octanol–water partition coefficient (Wildman–Crippen LogP) is 6.70. The number of aromatic amines is 2. The lowest BCUT2D eigenvalue weighted by Gasteiger charge is -2.14. The molecule has 0 atom stereocenters. The van der Waals surface area contributed by atoms with Crippen molar-refractivity contribution in [2.24, 2.45) is 0 Å². The number of fused-ring (bicyclic) bond motifs is 2. The van der Waals surface area contributed by atoms with E-state index in [4.69, 9.17) is 9.84 Å². The van der Waals surface area contributed by atoms with Crippen LogP contribution in [-0.2, 0) is 5.41 Å². The molecule has 0 unspecified atom stereocenters. The van der Waals surface area contributed by atoms with Crippen molar-refractivity contribution in [3.05, 3.63) is 95.3 Å². The Hall–Kier alpha value is -5.45. The van der Waals surface area contributed by atoms with E-state index < -0.39 is 6.03 Å². The van der Waals surface area contributed by atoms with Crippen LogP contribution in [0.25, 0.3) is 27.8 Å². The molecule has 2 amide bonds. The molecule has 11 heteroatoms. The molecule has 4 heterocycles. The average Bonchev–Trinajstić information content (AvgIpc) is 3.54. The van der Waals surface area contributed by atoms with Crippen LogP contribution in [0.3, 0.4) is 0 Å². The average molecular weight is 543 g/mol. The first kappa shape index (κ1) is 24.9. The van der Waals surface area contributed by atoms with Gasteiger partial charge in [0.15, 0.2) is 11.4 Å². The van der Waals surface area contributed by atoms with Gasteiger partial charge < -0.3 is 15.0 Å². The van der Waals surface area contributed by atoms with Gasteiger partial charge in [0.1, 0.15) is 17.1 Å². The van der Waals surface area contributed by atoms with Crippen LogP contribution >= 0.6 is 0 Å². The molecule has 11 nitrogen and oxygen atoms in total. The third-order valence-corrected chi connectivity index (χ3v) is 6.30. The lowest BCUT2D eigenvalue weighted by molar-refractivity contribution is 0.262. The Morgan fingerprint density at radius 1 is 0.925 bits per heavy atom. The summed E-state index contributed by atoms with van der Waals surface area (Å²) in [6, 6.07) is 19.8. The van der Waals surface area contributed by atoms with Crippen LogP contribution in [0.5, 0.6) is 11.5 Å². The summed E-state index contributed by atoms with van der Waals surface area (Å²) in [7, 11) is 0. The zero-order chi connectivity index (χ0) is 27.9. The van der Waals surface area contributed by atoms with Gasteiger partial charge in [-0.15, -0.1) is 0 Å². The second-order valence-corrected chi connectivity index (χ2v) is 10.2. The van der Waals surface area contributed by atoms with E-state index in [2.05, 4.69) is 51.3 Å². The van der Waals surface area contributed by atoms with Gasteiger partial charge >= 0.3 is 11.7 Å². The maximum atomic E-state index is 13.2. The molecule has 0 aliphatic heterocycles. The topological polar surface area (TPSA) is 143 Å². The fourth-order valence-corrected chi connectivity index (χ4v) is 4.32. The Bertz CT molecular complexity index is 1930. The second kappa shape index (κ2) is 9.70. The summed E-state index contributed by atoms with van der Waals surface area (Å²) < 4.78 is 7.88. The monoisotopic (exact) mass is 542 g/mol. The molecule has 0 saturated carbocycles. The number of pyridine rings is 2. The highest BCUT2D eigenvalue weighted by atomic mass is 16.5. The van der Waals surface area contributed by atoms with Crippen molar-refractivity contribution >= 4 is 39.6 Å². The number of imidazole rings is 1. The second-order valence-electron chi connectivity index (χ2n) is 10.2. The SMILES string of the molecule is CC(C)(C)c1cc(NC(=O)Nc2ccc(Oc3ccnc4[nH]c(=O)[nH]c34)c3cccnc23)n(-c2ccccc2)n1.[HH].[HH].[HH].[HH]. The van der Waals surface area contributed by atoms with Gasteiger partial charge in [0, 0.05) is 41.0 Å². The number of carbonyl (C=O) groups is 1. The van der Waals surface area contributed by atoms with Crippen molar-refractivity contribution in [3.8, 4) is 17.2 Å². The van der Waals surface area contributed by atoms with Crippen LogP contribution in [0.4, 0.5) is 16.3 Å². The van der Waals surface area contributed by atoms with E-state index in [9.17, 15) is 9.59 Å². The van der Waals surface area contributed by atoms with Crippen LogP contribution in [0.2, 0.25) is 0 Å². The van der Waals surface area contributed by atoms with E-state index in [0.29, 0.717) is 45.1 Å². The number of hydrogen-bond donors (Lipinski definition) is 4. The summed E-state index contributed by atoms with van der Waals surface area (Å²) in [4.78, 5) is 39.0. The fourth-order valence-electron chi connectivity index (χ4n) is 4.32. The molecule has 40 heavy (non-hydrogen) atoms. The smallest absolute Gasteiger partial charge is 0.325 e. The molecule has 0 aliphatic carbocycles. The number of hydrogen-bond acceptors (Lipinski definition) is 6. The number of urea groups is 1. The summed E-state index contributed by atoms with van der Waals surface area (Å²) in [5.74, 6) is 1.46. The Kier molecular flexibility index (Phi) is 6.03. The van der Waals surface area contributed by atoms with E-state index >= 15 is 0 Å². The number of nitrogens with one attached hydrogen (secondary N) is 4. The highest BCUT2D eigenvalue weighted by Crippen LogP contribution is 2.35. The Morgan fingerprint density at radius 2 is 1.75 bits per heavy atom. The third-order valence-electron chi connectivity index (χ3n) is 6.30. The van der Waals surface area contributed by atoms with Crippen molar-refractivity contribution < 1.29 is 15.2 Å². The van der Waals surface area contributed by atoms with Crippen LogP contribution < -0.4 is 21.1 Å². The molecule has 0 fully saturated rings. The lowest BCUT2D eigenvalue weighted by atomic mass is 9.92. The Morgan fingerprint density at radius 3 is 2.55 bits per heavy atom. The molecule has 0 spiro atoms. The van der Waals surface area contributed by atoms with Crippen LogP contribution in [0, 0.1) is 0 Å². The van der Waals surface area contributed by atoms with Crippen LogP contribution in [0.15, 0.2) is 83.9 Å². The number of nitrogens with zero attached hydrogens (tertiary/aromatic N) is 4. The number of amides is 2. The van der Waals surface area contributed by atoms with Gasteiger partial charge in [0.05, 0.1) is 22.6 Å². The minimum absolute atomic E-state index is 0. The molecule has 0 radical (unpaired) electrons. The van der Waals surface area contributed by atoms with E-state index in [-0.39, 0.29) is 16.8 Å². The number of ether oxygens (including phenoxy) is 1. The maximum Gasteiger partial charge on any atom is 0.325 e. The molecule has 4 N–H and O–H groups in total. The number of benzene rings is 2. The maximum absolute atomic E-state index is 13.2. The van der Waals surface area contributed by atoms with E-state index in [1.807, 2.05) is 42.5 Å². The molecule has 4 aromatic heterocycles.